The van der Waals surface area contributed by atoms with Crippen molar-refractivity contribution in [1.82, 2.24) is 5.32 Å². The molecule has 0 aliphatic carbocycles. The Kier molecular flexibility index (Phi) is 5.12. The molecule has 0 aliphatic heterocycles. The van der Waals surface area contributed by atoms with E-state index in [-0.39, 0.29) is 23.9 Å². The standard InChI is InChI=1S/C20H17FN2O3/c1-22-19(24)12-13-2-8-16(9-3-13)23-20(25)18-11-10-17(26-18)14-4-6-15(21)7-5-14/h2-11H,12H2,1H3,(H,22,24)(H,23,25). The number of nitrogens with one attached hydrogen (secondary N) is 2. The van der Waals surface area contributed by atoms with Crippen molar-refractivity contribution in [2.75, 3.05) is 12.4 Å². The van der Waals surface area contributed by atoms with Crippen molar-refractivity contribution in [2.45, 2.75) is 6.42 Å². The zero-order chi connectivity index (χ0) is 18.5. The third kappa shape index (κ3) is 4.16. The van der Waals surface area contributed by atoms with E-state index in [0.29, 0.717) is 17.0 Å². The van der Waals surface area contributed by atoms with E-state index in [1.807, 2.05) is 0 Å². The van der Waals surface area contributed by atoms with Crippen LogP contribution in [0.3, 0.4) is 0 Å². The van der Waals surface area contributed by atoms with Gasteiger partial charge in [0.2, 0.25) is 5.91 Å². The second-order valence-corrected chi connectivity index (χ2v) is 5.67. The Hall–Kier alpha value is -3.41. The lowest BCUT2D eigenvalue weighted by Gasteiger charge is -2.05. The number of halogens is 1. The summed E-state index contributed by atoms with van der Waals surface area (Å²) in [5.74, 6) is -0.170. The van der Waals surface area contributed by atoms with Gasteiger partial charge in [-0.2, -0.15) is 0 Å². The molecule has 0 bridgehead atoms. The van der Waals surface area contributed by atoms with Crippen molar-refractivity contribution in [3.8, 4) is 11.3 Å². The minimum atomic E-state index is -0.391. The van der Waals surface area contributed by atoms with Crippen LogP contribution in [0.25, 0.3) is 11.3 Å². The number of hydrogen-bond donors (Lipinski definition) is 2. The van der Waals surface area contributed by atoms with Crippen LogP contribution in [0.2, 0.25) is 0 Å². The van der Waals surface area contributed by atoms with Crippen molar-refractivity contribution in [3.63, 3.8) is 0 Å². The summed E-state index contributed by atoms with van der Waals surface area (Å²) in [5, 5.41) is 5.29. The van der Waals surface area contributed by atoms with Crippen LogP contribution in [0.15, 0.2) is 65.1 Å². The fourth-order valence-electron chi connectivity index (χ4n) is 2.40. The summed E-state index contributed by atoms with van der Waals surface area (Å²) >= 11 is 0. The first-order chi connectivity index (χ1) is 12.5. The molecule has 0 radical (unpaired) electrons. The van der Waals surface area contributed by atoms with Gasteiger partial charge in [-0.15, -0.1) is 0 Å². The molecule has 3 rings (SSSR count). The van der Waals surface area contributed by atoms with Crippen molar-refractivity contribution in [3.05, 3.63) is 77.8 Å². The Morgan fingerprint density at radius 1 is 0.962 bits per heavy atom. The lowest BCUT2D eigenvalue weighted by molar-refractivity contribution is -0.119. The molecule has 0 saturated carbocycles. The molecule has 0 unspecified atom stereocenters. The summed E-state index contributed by atoms with van der Waals surface area (Å²) in [5.41, 5.74) is 2.12. The summed E-state index contributed by atoms with van der Waals surface area (Å²) in [6.07, 6.45) is 0.282. The van der Waals surface area contributed by atoms with Crippen molar-refractivity contribution in [1.29, 1.82) is 0 Å². The number of rotatable bonds is 5. The fraction of sp³-hybridized carbons (Fsp3) is 0.100. The Balaban J connectivity index is 1.66. The van der Waals surface area contributed by atoms with E-state index in [2.05, 4.69) is 10.6 Å². The molecular weight excluding hydrogens is 335 g/mol. The highest BCUT2D eigenvalue weighted by Gasteiger charge is 2.13. The molecule has 0 saturated heterocycles. The molecule has 0 spiro atoms. The van der Waals surface area contributed by atoms with Crippen molar-refractivity contribution >= 4 is 17.5 Å². The molecule has 0 atom stereocenters. The maximum absolute atomic E-state index is 13.0. The lowest BCUT2D eigenvalue weighted by atomic mass is 10.1. The van der Waals surface area contributed by atoms with Crippen LogP contribution < -0.4 is 10.6 Å². The van der Waals surface area contributed by atoms with Gasteiger partial charge in [0, 0.05) is 18.3 Å². The molecule has 132 valence electrons. The van der Waals surface area contributed by atoms with E-state index in [1.165, 1.54) is 12.1 Å². The van der Waals surface area contributed by atoms with Gasteiger partial charge < -0.3 is 15.1 Å². The van der Waals surface area contributed by atoms with E-state index in [1.54, 1.807) is 55.6 Å². The first-order valence-electron chi connectivity index (χ1n) is 8.02. The molecule has 0 fully saturated rings. The van der Waals surface area contributed by atoms with Gasteiger partial charge >= 0.3 is 0 Å². The van der Waals surface area contributed by atoms with E-state index in [9.17, 15) is 14.0 Å². The van der Waals surface area contributed by atoms with Crippen molar-refractivity contribution < 1.29 is 18.4 Å². The fourth-order valence-corrected chi connectivity index (χ4v) is 2.40. The molecule has 0 aliphatic rings. The van der Waals surface area contributed by atoms with Crippen molar-refractivity contribution in [2.24, 2.45) is 0 Å². The summed E-state index contributed by atoms with van der Waals surface area (Å²) in [6.45, 7) is 0. The Morgan fingerprint density at radius 3 is 2.31 bits per heavy atom. The Bertz CT molecular complexity index is 915. The zero-order valence-electron chi connectivity index (χ0n) is 14.1. The average Bonchev–Trinajstić information content (AvgIpc) is 3.14. The van der Waals surface area contributed by atoms with Gasteiger partial charge in [0.1, 0.15) is 11.6 Å². The molecule has 3 aromatic rings. The smallest absolute Gasteiger partial charge is 0.291 e. The quantitative estimate of drug-likeness (QED) is 0.737. The second kappa shape index (κ2) is 7.65. The summed E-state index contributed by atoms with van der Waals surface area (Å²) in [6, 6.07) is 16.1. The number of carbonyl (C=O) groups is 2. The molecular formula is C20H17FN2O3. The third-order valence-corrected chi connectivity index (χ3v) is 3.81. The van der Waals surface area contributed by atoms with Gasteiger partial charge in [0.25, 0.3) is 5.91 Å². The highest BCUT2D eigenvalue weighted by atomic mass is 19.1. The largest absolute Gasteiger partial charge is 0.451 e. The number of hydrogen-bond acceptors (Lipinski definition) is 3. The van der Waals surface area contributed by atoms with Gasteiger partial charge in [0.15, 0.2) is 5.76 Å². The Morgan fingerprint density at radius 2 is 1.65 bits per heavy atom. The van der Waals surface area contributed by atoms with Gasteiger partial charge in [-0.3, -0.25) is 9.59 Å². The molecule has 5 nitrogen and oxygen atoms in total. The first-order valence-corrected chi connectivity index (χ1v) is 8.02. The number of anilines is 1. The number of furan rings is 1. The zero-order valence-corrected chi connectivity index (χ0v) is 14.1. The van der Waals surface area contributed by atoms with Gasteiger partial charge in [0.05, 0.1) is 6.42 Å². The van der Waals surface area contributed by atoms with Crippen LogP contribution >= 0.6 is 0 Å². The predicted octanol–water partition coefficient (Wildman–Crippen LogP) is 3.63. The highest BCUT2D eigenvalue weighted by molar-refractivity contribution is 6.02. The number of amides is 2. The van der Waals surface area contributed by atoms with E-state index in [0.717, 1.165) is 5.56 Å². The number of carbonyl (C=O) groups excluding carboxylic acids is 2. The van der Waals surface area contributed by atoms with E-state index >= 15 is 0 Å². The topological polar surface area (TPSA) is 71.3 Å². The summed E-state index contributed by atoms with van der Waals surface area (Å²) in [7, 11) is 1.58. The summed E-state index contributed by atoms with van der Waals surface area (Å²) in [4.78, 5) is 23.6. The molecule has 1 aromatic heterocycles. The van der Waals surface area contributed by atoms with Gasteiger partial charge in [-0.1, -0.05) is 12.1 Å². The van der Waals surface area contributed by atoms with E-state index in [4.69, 9.17) is 4.42 Å². The number of likely N-dealkylation sites (N-methyl/N-ethyl adjacent to an activating group) is 1. The molecule has 2 amide bonds. The monoisotopic (exact) mass is 352 g/mol. The minimum Gasteiger partial charge on any atom is -0.451 e. The summed E-state index contributed by atoms with van der Waals surface area (Å²) < 4.78 is 18.5. The van der Waals surface area contributed by atoms with E-state index < -0.39 is 5.91 Å². The molecule has 26 heavy (non-hydrogen) atoms. The maximum Gasteiger partial charge on any atom is 0.291 e. The predicted molar refractivity (Wildman–Crippen MR) is 96.3 cm³/mol. The molecule has 2 N–H and O–H groups in total. The van der Waals surface area contributed by atoms with Crippen LogP contribution in [0.4, 0.5) is 10.1 Å². The lowest BCUT2D eigenvalue weighted by Crippen LogP contribution is -2.19. The highest BCUT2D eigenvalue weighted by Crippen LogP contribution is 2.23. The number of benzene rings is 2. The minimum absolute atomic E-state index is 0.0781. The van der Waals surface area contributed by atoms with Crippen LogP contribution in [-0.2, 0) is 11.2 Å². The normalized spacial score (nSPS) is 10.4. The molecule has 2 aromatic carbocycles. The molecule has 6 heteroatoms. The van der Waals surface area contributed by atoms with Crippen LogP contribution in [0.1, 0.15) is 16.1 Å². The average molecular weight is 352 g/mol. The SMILES string of the molecule is CNC(=O)Cc1ccc(NC(=O)c2ccc(-c3ccc(F)cc3)o2)cc1. The third-order valence-electron chi connectivity index (χ3n) is 3.81. The van der Waals surface area contributed by atoms with Crippen LogP contribution in [0, 0.1) is 5.82 Å². The second-order valence-electron chi connectivity index (χ2n) is 5.67. The van der Waals surface area contributed by atoms with Gasteiger partial charge in [-0.05, 0) is 54.1 Å². The van der Waals surface area contributed by atoms with Gasteiger partial charge in [-0.25, -0.2) is 4.39 Å². The molecule has 1 heterocycles. The van der Waals surface area contributed by atoms with Crippen LogP contribution in [-0.4, -0.2) is 18.9 Å². The maximum atomic E-state index is 13.0. The van der Waals surface area contributed by atoms with Crippen LogP contribution in [0.5, 0.6) is 0 Å². The first kappa shape index (κ1) is 17.4. The Labute approximate surface area is 149 Å².